The van der Waals surface area contributed by atoms with Crippen LogP contribution in [-0.4, -0.2) is 75.6 Å². The predicted octanol–water partition coefficient (Wildman–Crippen LogP) is 0.871. The van der Waals surface area contributed by atoms with Gasteiger partial charge in [0.15, 0.2) is 15.6 Å². The van der Waals surface area contributed by atoms with Gasteiger partial charge < -0.3 is 14.6 Å². The number of sulfone groups is 1. The maximum atomic E-state index is 12.6. The van der Waals surface area contributed by atoms with E-state index in [4.69, 9.17) is 4.42 Å². The molecule has 3 rings (SSSR count). The second-order valence-corrected chi connectivity index (χ2v) is 8.68. The Bertz CT molecular complexity index is 915. The zero-order valence-electron chi connectivity index (χ0n) is 15.6. The van der Waals surface area contributed by atoms with E-state index in [0.29, 0.717) is 44.8 Å². The third-order valence-electron chi connectivity index (χ3n) is 4.65. The maximum Gasteiger partial charge on any atom is 0.287 e. The molecule has 1 saturated heterocycles. The van der Waals surface area contributed by atoms with Crippen LogP contribution in [0.1, 0.15) is 20.9 Å². The van der Waals surface area contributed by atoms with Gasteiger partial charge in [-0.15, -0.1) is 0 Å². The Balaban J connectivity index is 1.44. The zero-order chi connectivity index (χ0) is 20.1. The van der Waals surface area contributed by atoms with Crippen molar-refractivity contribution in [3.8, 4) is 0 Å². The summed E-state index contributed by atoms with van der Waals surface area (Å²) < 4.78 is 28.1. The molecule has 2 aromatic rings. The van der Waals surface area contributed by atoms with Crippen molar-refractivity contribution in [3.05, 3.63) is 54.0 Å². The molecule has 0 radical (unpaired) electrons. The van der Waals surface area contributed by atoms with Crippen LogP contribution in [-0.2, 0) is 9.84 Å². The molecule has 1 aromatic heterocycles. The van der Waals surface area contributed by atoms with E-state index in [9.17, 15) is 18.0 Å². The molecule has 150 valence electrons. The van der Waals surface area contributed by atoms with Gasteiger partial charge >= 0.3 is 0 Å². The molecule has 0 spiro atoms. The standard InChI is InChI=1S/C19H23N3O5S/c1-28(25,26)16-6-4-15(5-7-16)19(24)22-12-10-21(11-13-22)9-8-20-18(23)17-3-2-14-27-17/h2-7,14H,8-13H2,1H3,(H,20,23). The number of nitrogens with zero attached hydrogens (tertiary/aromatic N) is 2. The Kier molecular flexibility index (Phi) is 6.15. The molecule has 2 amide bonds. The highest BCUT2D eigenvalue weighted by Crippen LogP contribution is 2.13. The number of hydrogen-bond donors (Lipinski definition) is 1. The number of hydrogen-bond acceptors (Lipinski definition) is 6. The summed E-state index contributed by atoms with van der Waals surface area (Å²) in [5.41, 5.74) is 0.478. The van der Waals surface area contributed by atoms with Gasteiger partial charge in [0.25, 0.3) is 11.8 Å². The molecule has 0 unspecified atom stereocenters. The minimum absolute atomic E-state index is 0.106. The van der Waals surface area contributed by atoms with Gasteiger partial charge in [0.05, 0.1) is 11.2 Å². The van der Waals surface area contributed by atoms with Gasteiger partial charge in [0, 0.05) is 51.1 Å². The molecule has 0 saturated carbocycles. The molecule has 1 aromatic carbocycles. The van der Waals surface area contributed by atoms with Gasteiger partial charge in [-0.1, -0.05) is 0 Å². The van der Waals surface area contributed by atoms with E-state index in [-0.39, 0.29) is 22.5 Å². The zero-order valence-corrected chi connectivity index (χ0v) is 16.4. The Morgan fingerprint density at radius 3 is 2.32 bits per heavy atom. The molecular weight excluding hydrogens is 382 g/mol. The average molecular weight is 405 g/mol. The fourth-order valence-electron chi connectivity index (χ4n) is 3.02. The number of rotatable bonds is 6. The predicted molar refractivity (Wildman–Crippen MR) is 103 cm³/mol. The van der Waals surface area contributed by atoms with Crippen molar-refractivity contribution < 1.29 is 22.4 Å². The highest BCUT2D eigenvalue weighted by molar-refractivity contribution is 7.90. The van der Waals surface area contributed by atoms with Crippen LogP contribution in [0.5, 0.6) is 0 Å². The number of furan rings is 1. The summed E-state index contributed by atoms with van der Waals surface area (Å²) in [5.74, 6) is -0.0560. The van der Waals surface area contributed by atoms with E-state index in [1.807, 2.05) is 0 Å². The van der Waals surface area contributed by atoms with Crippen molar-refractivity contribution in [3.63, 3.8) is 0 Å². The molecule has 1 N–H and O–H groups in total. The van der Waals surface area contributed by atoms with Crippen LogP contribution in [0, 0.1) is 0 Å². The summed E-state index contributed by atoms with van der Waals surface area (Å²) in [6.45, 7) is 3.78. The summed E-state index contributed by atoms with van der Waals surface area (Å²) >= 11 is 0. The van der Waals surface area contributed by atoms with Gasteiger partial charge in [-0.3, -0.25) is 14.5 Å². The lowest BCUT2D eigenvalue weighted by Crippen LogP contribution is -2.50. The lowest BCUT2D eigenvalue weighted by atomic mass is 10.2. The van der Waals surface area contributed by atoms with E-state index in [0.717, 1.165) is 6.26 Å². The van der Waals surface area contributed by atoms with Crippen LogP contribution in [0.15, 0.2) is 52.0 Å². The Morgan fingerprint density at radius 1 is 1.07 bits per heavy atom. The topological polar surface area (TPSA) is 99.9 Å². The van der Waals surface area contributed by atoms with E-state index >= 15 is 0 Å². The first kappa shape index (κ1) is 20.1. The van der Waals surface area contributed by atoms with Crippen LogP contribution in [0.3, 0.4) is 0 Å². The van der Waals surface area contributed by atoms with E-state index < -0.39 is 9.84 Å². The minimum atomic E-state index is -3.27. The molecule has 28 heavy (non-hydrogen) atoms. The second kappa shape index (κ2) is 8.57. The largest absolute Gasteiger partial charge is 0.459 e. The van der Waals surface area contributed by atoms with Gasteiger partial charge in [-0.05, 0) is 36.4 Å². The monoisotopic (exact) mass is 405 g/mol. The van der Waals surface area contributed by atoms with E-state index in [2.05, 4.69) is 10.2 Å². The summed E-state index contributed by atoms with van der Waals surface area (Å²) in [6.07, 6.45) is 2.60. The maximum absolute atomic E-state index is 12.6. The molecule has 1 aliphatic heterocycles. The van der Waals surface area contributed by atoms with Crippen molar-refractivity contribution in [2.45, 2.75) is 4.90 Å². The minimum Gasteiger partial charge on any atom is -0.459 e. The van der Waals surface area contributed by atoms with Crippen LogP contribution < -0.4 is 5.32 Å². The van der Waals surface area contributed by atoms with Crippen molar-refractivity contribution in [1.82, 2.24) is 15.1 Å². The van der Waals surface area contributed by atoms with Gasteiger partial charge in [0.1, 0.15) is 0 Å². The number of carbonyl (C=O) groups excluding carboxylic acids is 2. The lowest BCUT2D eigenvalue weighted by Gasteiger charge is -2.34. The number of amides is 2. The van der Waals surface area contributed by atoms with Gasteiger partial charge in [-0.2, -0.15) is 0 Å². The SMILES string of the molecule is CS(=O)(=O)c1ccc(C(=O)N2CCN(CCNC(=O)c3ccco3)CC2)cc1. The molecule has 1 fully saturated rings. The van der Waals surface area contributed by atoms with E-state index in [1.54, 1.807) is 29.2 Å². The summed E-state index contributed by atoms with van der Waals surface area (Å²) in [5, 5.41) is 2.81. The van der Waals surface area contributed by atoms with Crippen molar-refractivity contribution in [2.75, 3.05) is 45.5 Å². The van der Waals surface area contributed by atoms with Crippen LogP contribution in [0.25, 0.3) is 0 Å². The molecule has 0 bridgehead atoms. The molecular formula is C19H23N3O5S. The van der Waals surface area contributed by atoms with Crippen molar-refractivity contribution in [1.29, 1.82) is 0 Å². The van der Waals surface area contributed by atoms with Crippen molar-refractivity contribution in [2.24, 2.45) is 0 Å². The summed E-state index contributed by atoms with van der Waals surface area (Å²) in [6, 6.07) is 9.30. The molecule has 8 nitrogen and oxygen atoms in total. The third kappa shape index (κ3) is 4.99. The third-order valence-corrected chi connectivity index (χ3v) is 5.78. The van der Waals surface area contributed by atoms with Crippen LogP contribution in [0.2, 0.25) is 0 Å². The highest BCUT2D eigenvalue weighted by atomic mass is 32.2. The summed E-state index contributed by atoms with van der Waals surface area (Å²) in [4.78, 5) is 28.5. The Labute approximate surface area is 164 Å². The second-order valence-electron chi connectivity index (χ2n) is 6.66. The molecule has 1 aliphatic rings. The first-order chi connectivity index (χ1) is 13.3. The first-order valence-corrected chi connectivity index (χ1v) is 10.9. The van der Waals surface area contributed by atoms with Crippen LogP contribution in [0.4, 0.5) is 0 Å². The number of benzene rings is 1. The highest BCUT2D eigenvalue weighted by Gasteiger charge is 2.22. The molecule has 0 aliphatic carbocycles. The number of piperazine rings is 1. The van der Waals surface area contributed by atoms with Gasteiger partial charge in [0.2, 0.25) is 0 Å². The number of nitrogens with one attached hydrogen (secondary N) is 1. The number of carbonyl (C=O) groups is 2. The Hall–Kier alpha value is -2.65. The fraction of sp³-hybridized carbons (Fsp3) is 0.368. The normalized spacial score (nSPS) is 15.4. The molecule has 0 atom stereocenters. The molecule has 9 heteroatoms. The average Bonchev–Trinajstić information content (AvgIpc) is 3.22. The summed E-state index contributed by atoms with van der Waals surface area (Å²) in [7, 11) is -3.27. The quantitative estimate of drug-likeness (QED) is 0.766. The smallest absolute Gasteiger partial charge is 0.287 e. The van der Waals surface area contributed by atoms with Crippen molar-refractivity contribution >= 4 is 21.7 Å². The molecule has 2 heterocycles. The van der Waals surface area contributed by atoms with E-state index in [1.165, 1.54) is 18.4 Å². The lowest BCUT2D eigenvalue weighted by molar-refractivity contribution is 0.0637. The Morgan fingerprint density at radius 2 is 1.75 bits per heavy atom. The first-order valence-electron chi connectivity index (χ1n) is 8.98. The fourth-order valence-corrected chi connectivity index (χ4v) is 3.65. The van der Waals surface area contributed by atoms with Crippen LogP contribution >= 0.6 is 0 Å². The van der Waals surface area contributed by atoms with Gasteiger partial charge in [-0.25, -0.2) is 8.42 Å².